The summed E-state index contributed by atoms with van der Waals surface area (Å²) in [5, 5.41) is 7.63. The number of hydrogen-bond acceptors (Lipinski definition) is 6. The first kappa shape index (κ1) is 27.5. The maximum Gasteiger partial charge on any atom is 0.271 e. The third-order valence-electron chi connectivity index (χ3n) is 5.16. The summed E-state index contributed by atoms with van der Waals surface area (Å²) in [4.78, 5) is 25.3. The van der Waals surface area contributed by atoms with Gasteiger partial charge in [0.25, 0.3) is 11.8 Å². The summed E-state index contributed by atoms with van der Waals surface area (Å²) in [6.45, 7) is 8.59. The second-order valence-electron chi connectivity index (χ2n) is 7.78. The fourth-order valence-electron chi connectivity index (χ4n) is 3.38. The van der Waals surface area contributed by atoms with E-state index in [1.807, 2.05) is 20.8 Å². The molecule has 0 bridgehead atoms. The quantitative estimate of drug-likeness (QED) is 0.239. The largest absolute Gasteiger partial charge is 0.490 e. The van der Waals surface area contributed by atoms with E-state index in [9.17, 15) is 9.59 Å². The van der Waals surface area contributed by atoms with E-state index >= 15 is 0 Å². The van der Waals surface area contributed by atoms with Crippen LogP contribution >= 0.6 is 11.6 Å². The van der Waals surface area contributed by atoms with E-state index < -0.39 is 5.91 Å². The van der Waals surface area contributed by atoms with Crippen LogP contribution in [0, 0.1) is 0 Å². The van der Waals surface area contributed by atoms with Gasteiger partial charge in [-0.2, -0.15) is 5.10 Å². The van der Waals surface area contributed by atoms with Gasteiger partial charge in [-0.25, -0.2) is 5.43 Å². The van der Waals surface area contributed by atoms with Gasteiger partial charge in [-0.05, 0) is 81.8 Å². The highest BCUT2D eigenvalue weighted by Gasteiger charge is 2.18. The molecule has 0 saturated heterocycles. The van der Waals surface area contributed by atoms with Crippen molar-refractivity contribution >= 4 is 34.8 Å². The summed E-state index contributed by atoms with van der Waals surface area (Å²) in [7, 11) is 0. The Balaban J connectivity index is 1.70. The molecule has 0 saturated carbocycles. The zero-order chi connectivity index (χ0) is 26.8. The zero-order valence-electron chi connectivity index (χ0n) is 21.3. The lowest BCUT2D eigenvalue weighted by Gasteiger charge is -2.16. The van der Waals surface area contributed by atoms with E-state index in [1.54, 1.807) is 67.6 Å². The summed E-state index contributed by atoms with van der Waals surface area (Å²) in [6.07, 6.45) is 0. The first-order valence-corrected chi connectivity index (χ1v) is 12.3. The highest BCUT2D eigenvalue weighted by molar-refractivity contribution is 6.30. The average molecular weight is 524 g/mol. The Kier molecular flexibility index (Phi) is 9.92. The van der Waals surface area contributed by atoms with Crippen LogP contribution in [0.5, 0.6) is 17.2 Å². The standard InChI is InChI=1S/C28H30ClN3O5/c1-5-35-24-16-21(17-25(36-6-2)26(24)37-7-3)28(34)32-31-18(4)19-10-14-23(15-11-19)30-27(33)20-8-12-22(29)13-9-20/h8-17H,5-7H2,1-4H3,(H,30,33)(H,32,34). The van der Waals surface area contributed by atoms with Crippen molar-refractivity contribution in [2.24, 2.45) is 5.10 Å². The van der Waals surface area contributed by atoms with Gasteiger partial charge in [-0.3, -0.25) is 9.59 Å². The molecular weight excluding hydrogens is 494 g/mol. The third-order valence-corrected chi connectivity index (χ3v) is 5.42. The van der Waals surface area contributed by atoms with Crippen molar-refractivity contribution in [2.75, 3.05) is 25.1 Å². The molecule has 3 rings (SSSR count). The van der Waals surface area contributed by atoms with Crippen molar-refractivity contribution in [1.29, 1.82) is 0 Å². The summed E-state index contributed by atoms with van der Waals surface area (Å²) in [6, 6.07) is 17.0. The van der Waals surface area contributed by atoms with Gasteiger partial charge in [0.15, 0.2) is 11.5 Å². The van der Waals surface area contributed by atoms with E-state index in [0.29, 0.717) is 64.6 Å². The molecule has 0 unspecified atom stereocenters. The van der Waals surface area contributed by atoms with Crippen molar-refractivity contribution in [1.82, 2.24) is 5.43 Å². The van der Waals surface area contributed by atoms with Crippen molar-refractivity contribution in [2.45, 2.75) is 27.7 Å². The molecule has 37 heavy (non-hydrogen) atoms. The number of nitrogens with one attached hydrogen (secondary N) is 2. The Morgan fingerprint density at radius 2 is 1.30 bits per heavy atom. The molecule has 9 heteroatoms. The number of amides is 2. The molecule has 0 atom stereocenters. The Morgan fingerprint density at radius 1 is 0.757 bits per heavy atom. The third kappa shape index (κ3) is 7.47. The number of anilines is 1. The first-order valence-electron chi connectivity index (χ1n) is 11.9. The lowest BCUT2D eigenvalue weighted by atomic mass is 10.1. The lowest BCUT2D eigenvalue weighted by Crippen LogP contribution is -2.20. The maximum absolute atomic E-state index is 12.9. The van der Waals surface area contributed by atoms with Crippen molar-refractivity contribution in [3.63, 3.8) is 0 Å². The summed E-state index contributed by atoms with van der Waals surface area (Å²) in [5.74, 6) is 0.659. The second-order valence-corrected chi connectivity index (χ2v) is 8.21. The van der Waals surface area contributed by atoms with Crippen LogP contribution in [0.4, 0.5) is 5.69 Å². The van der Waals surface area contributed by atoms with Gasteiger partial charge < -0.3 is 19.5 Å². The van der Waals surface area contributed by atoms with E-state index in [1.165, 1.54) is 0 Å². The molecule has 0 radical (unpaired) electrons. The van der Waals surface area contributed by atoms with Crippen LogP contribution in [-0.2, 0) is 0 Å². The second kappa shape index (κ2) is 13.3. The highest BCUT2D eigenvalue weighted by atomic mass is 35.5. The van der Waals surface area contributed by atoms with Gasteiger partial charge in [0.05, 0.1) is 25.5 Å². The van der Waals surface area contributed by atoms with Gasteiger partial charge in [0, 0.05) is 21.8 Å². The van der Waals surface area contributed by atoms with Gasteiger partial charge in [0.2, 0.25) is 5.75 Å². The Bertz CT molecular complexity index is 1230. The van der Waals surface area contributed by atoms with E-state index in [0.717, 1.165) is 5.56 Å². The molecule has 0 fully saturated rings. The minimum atomic E-state index is -0.420. The summed E-state index contributed by atoms with van der Waals surface area (Å²) >= 11 is 5.88. The van der Waals surface area contributed by atoms with Crippen molar-refractivity contribution in [3.05, 3.63) is 82.4 Å². The van der Waals surface area contributed by atoms with Crippen LogP contribution in [0.3, 0.4) is 0 Å². The molecule has 2 N–H and O–H groups in total. The van der Waals surface area contributed by atoms with Crippen LogP contribution in [-0.4, -0.2) is 37.3 Å². The maximum atomic E-state index is 12.9. The number of carbonyl (C=O) groups is 2. The number of benzene rings is 3. The number of ether oxygens (including phenoxy) is 3. The minimum Gasteiger partial charge on any atom is -0.490 e. The molecule has 2 amide bonds. The van der Waals surface area contributed by atoms with Gasteiger partial charge in [-0.1, -0.05) is 23.7 Å². The molecular formula is C28H30ClN3O5. The average Bonchev–Trinajstić information content (AvgIpc) is 2.89. The molecule has 3 aromatic carbocycles. The van der Waals surface area contributed by atoms with Crippen LogP contribution in [0.15, 0.2) is 65.8 Å². The Morgan fingerprint density at radius 3 is 1.84 bits per heavy atom. The number of halogens is 1. The van der Waals surface area contributed by atoms with E-state index in [-0.39, 0.29) is 5.91 Å². The fraction of sp³-hybridized carbons (Fsp3) is 0.250. The molecule has 0 aromatic heterocycles. The van der Waals surface area contributed by atoms with Crippen LogP contribution in [0.2, 0.25) is 5.02 Å². The van der Waals surface area contributed by atoms with Crippen LogP contribution in [0.1, 0.15) is 54.0 Å². The molecule has 194 valence electrons. The fourth-order valence-corrected chi connectivity index (χ4v) is 3.51. The SMILES string of the molecule is CCOc1cc(C(=O)NN=C(C)c2ccc(NC(=O)c3ccc(Cl)cc3)cc2)cc(OCC)c1OCC. The smallest absolute Gasteiger partial charge is 0.271 e. The number of carbonyl (C=O) groups excluding carboxylic acids is 2. The van der Waals surface area contributed by atoms with Gasteiger partial charge in [0.1, 0.15) is 0 Å². The monoisotopic (exact) mass is 523 g/mol. The van der Waals surface area contributed by atoms with Crippen molar-refractivity contribution in [3.8, 4) is 17.2 Å². The molecule has 0 spiro atoms. The Labute approximate surface area is 221 Å². The first-order chi connectivity index (χ1) is 17.9. The Hall–Kier alpha value is -4.04. The highest BCUT2D eigenvalue weighted by Crippen LogP contribution is 2.39. The van der Waals surface area contributed by atoms with E-state index in [4.69, 9.17) is 25.8 Å². The number of nitrogens with zero attached hydrogens (tertiary/aromatic N) is 1. The van der Waals surface area contributed by atoms with Crippen LogP contribution < -0.4 is 25.0 Å². The van der Waals surface area contributed by atoms with E-state index in [2.05, 4.69) is 15.8 Å². The zero-order valence-corrected chi connectivity index (χ0v) is 22.0. The van der Waals surface area contributed by atoms with Gasteiger partial charge in [-0.15, -0.1) is 0 Å². The summed E-state index contributed by atoms with van der Waals surface area (Å²) in [5.41, 5.74) is 5.40. The topological polar surface area (TPSA) is 98.2 Å². The summed E-state index contributed by atoms with van der Waals surface area (Å²) < 4.78 is 17.0. The molecule has 0 aliphatic heterocycles. The molecule has 0 aliphatic carbocycles. The lowest BCUT2D eigenvalue weighted by molar-refractivity contribution is 0.0952. The number of hydrazone groups is 1. The molecule has 0 aliphatic rings. The molecule has 0 heterocycles. The normalized spacial score (nSPS) is 11.0. The number of rotatable bonds is 11. The predicted octanol–water partition coefficient (Wildman–Crippen LogP) is 5.94. The molecule has 8 nitrogen and oxygen atoms in total. The van der Waals surface area contributed by atoms with Crippen molar-refractivity contribution < 1.29 is 23.8 Å². The van der Waals surface area contributed by atoms with Crippen LogP contribution in [0.25, 0.3) is 0 Å². The molecule has 3 aromatic rings. The predicted molar refractivity (Wildman–Crippen MR) is 145 cm³/mol. The minimum absolute atomic E-state index is 0.240. The van der Waals surface area contributed by atoms with Gasteiger partial charge >= 0.3 is 0 Å². The number of hydrogen-bond donors (Lipinski definition) is 2.